The van der Waals surface area contributed by atoms with Crippen molar-refractivity contribution in [3.05, 3.63) is 28.8 Å². The van der Waals surface area contributed by atoms with E-state index >= 15 is 0 Å². The number of rotatable bonds is 6. The van der Waals surface area contributed by atoms with E-state index in [-0.39, 0.29) is 6.04 Å². The van der Waals surface area contributed by atoms with Crippen LogP contribution in [0.2, 0.25) is 5.02 Å². The molecule has 0 saturated heterocycles. The number of hydrogen-bond donors (Lipinski definition) is 1. The maximum Gasteiger partial charge on any atom is 0.137 e. The van der Waals surface area contributed by atoms with Crippen molar-refractivity contribution in [3.8, 4) is 5.75 Å². The highest BCUT2D eigenvalue weighted by atomic mass is 35.5. The second-order valence-electron chi connectivity index (χ2n) is 4.13. The van der Waals surface area contributed by atoms with E-state index in [1.807, 2.05) is 18.2 Å². The van der Waals surface area contributed by atoms with Gasteiger partial charge in [-0.15, -0.1) is 0 Å². The minimum absolute atomic E-state index is 0.207. The van der Waals surface area contributed by atoms with E-state index < -0.39 is 0 Å². The van der Waals surface area contributed by atoms with E-state index in [0.717, 1.165) is 18.5 Å². The minimum Gasteiger partial charge on any atom is -0.495 e. The molecule has 1 rings (SSSR count). The monoisotopic (exact) mass is 256 g/mol. The second kappa shape index (κ2) is 6.84. The average molecular weight is 257 g/mol. The molecule has 0 amide bonds. The van der Waals surface area contributed by atoms with Crippen LogP contribution in [0.15, 0.2) is 18.2 Å². The molecule has 0 saturated carbocycles. The number of methoxy groups -OCH3 is 1. The number of hydrogen-bond acceptors (Lipinski definition) is 3. The first-order valence-electron chi connectivity index (χ1n) is 5.87. The van der Waals surface area contributed by atoms with Crippen LogP contribution in [0.4, 0.5) is 0 Å². The summed E-state index contributed by atoms with van der Waals surface area (Å²) in [5.41, 5.74) is 6.97. The predicted octanol–water partition coefficient (Wildman–Crippen LogP) is 2.69. The Bertz CT molecular complexity index is 357. The number of nitrogens with zero attached hydrogens (tertiary/aromatic N) is 1. The van der Waals surface area contributed by atoms with Gasteiger partial charge in [0.15, 0.2) is 0 Å². The van der Waals surface area contributed by atoms with Crippen molar-refractivity contribution < 1.29 is 4.74 Å². The zero-order chi connectivity index (χ0) is 12.8. The van der Waals surface area contributed by atoms with Crippen molar-refractivity contribution in [1.82, 2.24) is 4.90 Å². The summed E-state index contributed by atoms with van der Waals surface area (Å²) in [5, 5.41) is 0.633. The Morgan fingerprint density at radius 1 is 1.47 bits per heavy atom. The fraction of sp³-hybridized carbons (Fsp3) is 0.538. The summed E-state index contributed by atoms with van der Waals surface area (Å²) >= 11 is 6.13. The van der Waals surface area contributed by atoms with Crippen LogP contribution in [0.3, 0.4) is 0 Å². The molecule has 0 aliphatic rings. The Kier molecular flexibility index (Phi) is 5.75. The molecule has 0 fully saturated rings. The lowest BCUT2D eigenvalue weighted by molar-refractivity contribution is 0.250. The second-order valence-corrected chi connectivity index (χ2v) is 4.53. The molecule has 4 heteroatoms. The molecule has 0 heterocycles. The van der Waals surface area contributed by atoms with Gasteiger partial charge >= 0.3 is 0 Å². The van der Waals surface area contributed by atoms with Gasteiger partial charge in [0.05, 0.1) is 12.1 Å². The van der Waals surface area contributed by atoms with Gasteiger partial charge in [-0.1, -0.05) is 24.6 Å². The Balaban J connectivity index is 2.92. The van der Waals surface area contributed by atoms with Gasteiger partial charge in [0.1, 0.15) is 5.75 Å². The van der Waals surface area contributed by atoms with Crippen molar-refractivity contribution in [2.75, 3.05) is 27.2 Å². The van der Waals surface area contributed by atoms with E-state index in [0.29, 0.717) is 17.3 Å². The molecule has 17 heavy (non-hydrogen) atoms. The topological polar surface area (TPSA) is 38.5 Å². The average Bonchev–Trinajstić information content (AvgIpc) is 2.30. The zero-order valence-electron chi connectivity index (χ0n) is 10.7. The van der Waals surface area contributed by atoms with Crippen LogP contribution in [-0.2, 0) is 0 Å². The maximum atomic E-state index is 6.13. The van der Waals surface area contributed by atoms with Crippen molar-refractivity contribution in [3.63, 3.8) is 0 Å². The summed E-state index contributed by atoms with van der Waals surface area (Å²) in [6.07, 6.45) is 1.11. The van der Waals surface area contributed by atoms with Crippen LogP contribution in [0, 0.1) is 0 Å². The summed E-state index contributed by atoms with van der Waals surface area (Å²) in [5.74, 6) is 0.698. The van der Waals surface area contributed by atoms with E-state index in [4.69, 9.17) is 22.1 Å². The Morgan fingerprint density at radius 3 is 2.65 bits per heavy atom. The highest BCUT2D eigenvalue weighted by Gasteiger charge is 2.15. The van der Waals surface area contributed by atoms with Gasteiger partial charge in [0.2, 0.25) is 0 Å². The molecule has 96 valence electrons. The Labute approximate surface area is 109 Å². The third kappa shape index (κ3) is 3.60. The minimum atomic E-state index is 0.207. The van der Waals surface area contributed by atoms with Gasteiger partial charge in [0, 0.05) is 12.6 Å². The smallest absolute Gasteiger partial charge is 0.137 e. The SMILES string of the molecule is CCCN(C)C(CN)c1ccc(OC)c(Cl)c1. The number of ether oxygens (including phenoxy) is 1. The van der Waals surface area contributed by atoms with Gasteiger partial charge in [-0.25, -0.2) is 0 Å². The molecule has 1 atom stereocenters. The molecule has 1 aromatic carbocycles. The third-order valence-electron chi connectivity index (χ3n) is 2.89. The molecule has 3 nitrogen and oxygen atoms in total. The van der Waals surface area contributed by atoms with Crippen LogP contribution in [0.5, 0.6) is 5.75 Å². The normalized spacial score (nSPS) is 12.8. The van der Waals surface area contributed by atoms with Gasteiger partial charge in [-0.2, -0.15) is 0 Å². The van der Waals surface area contributed by atoms with E-state index in [2.05, 4.69) is 18.9 Å². The van der Waals surface area contributed by atoms with Crippen LogP contribution in [-0.4, -0.2) is 32.1 Å². The first-order chi connectivity index (χ1) is 8.13. The van der Waals surface area contributed by atoms with E-state index in [1.165, 1.54) is 0 Å². The molecule has 1 unspecified atom stereocenters. The van der Waals surface area contributed by atoms with E-state index in [1.54, 1.807) is 7.11 Å². The maximum absolute atomic E-state index is 6.13. The molecule has 0 bridgehead atoms. The van der Waals surface area contributed by atoms with Gasteiger partial charge < -0.3 is 10.5 Å². The summed E-state index contributed by atoms with van der Waals surface area (Å²) < 4.78 is 5.14. The summed E-state index contributed by atoms with van der Waals surface area (Å²) in [6.45, 7) is 3.76. The lowest BCUT2D eigenvalue weighted by atomic mass is 10.1. The molecular formula is C13H21ClN2O. The van der Waals surface area contributed by atoms with Crippen LogP contribution < -0.4 is 10.5 Å². The molecule has 2 N–H and O–H groups in total. The van der Waals surface area contributed by atoms with Crippen LogP contribution in [0.1, 0.15) is 24.9 Å². The van der Waals surface area contributed by atoms with Crippen LogP contribution >= 0.6 is 11.6 Å². The van der Waals surface area contributed by atoms with Crippen molar-refractivity contribution >= 4 is 11.6 Å². The number of halogens is 1. The zero-order valence-corrected chi connectivity index (χ0v) is 11.5. The molecule has 0 aliphatic heterocycles. The molecule has 0 aromatic heterocycles. The molecule has 0 aliphatic carbocycles. The Morgan fingerprint density at radius 2 is 2.18 bits per heavy atom. The first kappa shape index (κ1) is 14.3. The molecule has 0 radical (unpaired) electrons. The number of nitrogens with two attached hydrogens (primary N) is 1. The van der Waals surface area contributed by atoms with Gasteiger partial charge in [-0.3, -0.25) is 4.90 Å². The predicted molar refractivity (Wildman–Crippen MR) is 72.7 cm³/mol. The van der Waals surface area contributed by atoms with Crippen molar-refractivity contribution in [1.29, 1.82) is 0 Å². The van der Waals surface area contributed by atoms with Crippen LogP contribution in [0.25, 0.3) is 0 Å². The van der Waals surface area contributed by atoms with E-state index in [9.17, 15) is 0 Å². The largest absolute Gasteiger partial charge is 0.495 e. The third-order valence-corrected chi connectivity index (χ3v) is 3.19. The summed E-state index contributed by atoms with van der Waals surface area (Å²) in [7, 11) is 3.70. The molecule has 1 aromatic rings. The van der Waals surface area contributed by atoms with Crippen molar-refractivity contribution in [2.45, 2.75) is 19.4 Å². The standard InChI is InChI=1S/C13H21ClN2O/c1-4-7-16(2)12(9-15)10-5-6-13(17-3)11(14)8-10/h5-6,8,12H,4,7,9,15H2,1-3H3. The number of likely N-dealkylation sites (N-methyl/N-ethyl adjacent to an activating group) is 1. The van der Waals surface area contributed by atoms with Gasteiger partial charge in [-0.05, 0) is 37.7 Å². The highest BCUT2D eigenvalue weighted by molar-refractivity contribution is 6.32. The lowest BCUT2D eigenvalue weighted by Crippen LogP contribution is -2.31. The lowest BCUT2D eigenvalue weighted by Gasteiger charge is -2.27. The summed E-state index contributed by atoms with van der Waals surface area (Å²) in [6, 6.07) is 6.05. The fourth-order valence-electron chi connectivity index (χ4n) is 1.97. The number of benzene rings is 1. The summed E-state index contributed by atoms with van der Waals surface area (Å²) in [4.78, 5) is 2.25. The Hall–Kier alpha value is -0.770. The van der Waals surface area contributed by atoms with Crippen molar-refractivity contribution in [2.24, 2.45) is 5.73 Å². The highest BCUT2D eigenvalue weighted by Crippen LogP contribution is 2.29. The fourth-order valence-corrected chi connectivity index (χ4v) is 2.24. The quantitative estimate of drug-likeness (QED) is 0.851. The van der Waals surface area contributed by atoms with Gasteiger partial charge in [0.25, 0.3) is 0 Å². The first-order valence-corrected chi connectivity index (χ1v) is 6.25. The molecular weight excluding hydrogens is 236 g/mol. The molecule has 0 spiro atoms.